The lowest BCUT2D eigenvalue weighted by atomic mass is 10.1. The first-order valence-corrected chi connectivity index (χ1v) is 8.28. The van der Waals surface area contributed by atoms with Gasteiger partial charge in [0.1, 0.15) is 6.07 Å². The standard InChI is InChI=1S/C18H11BrN4O3/c19-12-5-7-13(8-6-12)23-17(25)14(16(24)22-18(23)26)10-21-15-4-2-1-3-11(15)9-20/h1-8,10,14H,(H,22,24,26)/t14-/m1/s1. The Morgan fingerprint density at radius 1 is 1.12 bits per heavy atom. The number of amides is 4. The summed E-state index contributed by atoms with van der Waals surface area (Å²) in [6, 6.07) is 14.2. The van der Waals surface area contributed by atoms with E-state index in [1.807, 2.05) is 6.07 Å². The molecule has 1 aliphatic rings. The Hall–Kier alpha value is -3.31. The molecule has 1 N–H and O–H groups in total. The fraction of sp³-hybridized carbons (Fsp3) is 0.0556. The maximum atomic E-state index is 12.7. The van der Waals surface area contributed by atoms with Gasteiger partial charge in [-0.15, -0.1) is 0 Å². The molecule has 1 aliphatic heterocycles. The molecule has 0 aliphatic carbocycles. The van der Waals surface area contributed by atoms with Crippen LogP contribution in [-0.2, 0) is 9.59 Å². The number of imide groups is 2. The summed E-state index contributed by atoms with van der Waals surface area (Å²) >= 11 is 3.28. The predicted molar refractivity (Wildman–Crippen MR) is 98.0 cm³/mol. The van der Waals surface area contributed by atoms with Crippen LogP contribution in [0.2, 0.25) is 0 Å². The maximum Gasteiger partial charge on any atom is 0.335 e. The highest BCUT2D eigenvalue weighted by atomic mass is 79.9. The molecule has 3 rings (SSSR count). The van der Waals surface area contributed by atoms with Gasteiger partial charge in [0.25, 0.3) is 5.91 Å². The van der Waals surface area contributed by atoms with Crippen molar-refractivity contribution in [3.05, 3.63) is 58.6 Å². The summed E-state index contributed by atoms with van der Waals surface area (Å²) in [5, 5.41) is 11.2. The van der Waals surface area contributed by atoms with E-state index in [0.29, 0.717) is 16.9 Å². The first-order valence-electron chi connectivity index (χ1n) is 7.49. The molecule has 1 saturated heterocycles. The molecule has 0 bridgehead atoms. The number of nitrogens with one attached hydrogen (secondary N) is 1. The molecule has 0 aromatic heterocycles. The lowest BCUT2D eigenvalue weighted by molar-refractivity contribution is -0.131. The largest absolute Gasteiger partial charge is 0.335 e. The van der Waals surface area contributed by atoms with Crippen LogP contribution >= 0.6 is 15.9 Å². The predicted octanol–water partition coefficient (Wildman–Crippen LogP) is 2.92. The van der Waals surface area contributed by atoms with E-state index in [1.54, 1.807) is 48.5 Å². The third kappa shape index (κ3) is 3.38. The number of hydrogen-bond acceptors (Lipinski definition) is 5. The Morgan fingerprint density at radius 3 is 2.50 bits per heavy atom. The van der Waals surface area contributed by atoms with Crippen LogP contribution in [-0.4, -0.2) is 24.1 Å². The topological polar surface area (TPSA) is 103 Å². The summed E-state index contributed by atoms with van der Waals surface area (Å²) in [6.45, 7) is 0. The molecule has 1 heterocycles. The summed E-state index contributed by atoms with van der Waals surface area (Å²) < 4.78 is 0.786. The van der Waals surface area contributed by atoms with Crippen LogP contribution in [0.1, 0.15) is 5.56 Å². The number of hydrogen-bond donors (Lipinski definition) is 1. The van der Waals surface area contributed by atoms with Gasteiger partial charge in [-0.3, -0.25) is 19.9 Å². The minimum Gasteiger partial charge on any atom is -0.276 e. The van der Waals surface area contributed by atoms with Gasteiger partial charge < -0.3 is 0 Å². The molecule has 8 heteroatoms. The highest BCUT2D eigenvalue weighted by molar-refractivity contribution is 9.10. The Bertz CT molecular complexity index is 963. The van der Waals surface area contributed by atoms with Crippen LogP contribution in [0.4, 0.5) is 16.2 Å². The fourth-order valence-corrected chi connectivity index (χ4v) is 2.66. The molecular formula is C18H11BrN4O3. The molecule has 0 unspecified atom stereocenters. The molecule has 2 aromatic carbocycles. The van der Waals surface area contributed by atoms with Gasteiger partial charge >= 0.3 is 6.03 Å². The summed E-state index contributed by atoms with van der Waals surface area (Å²) in [4.78, 5) is 41.8. The third-order valence-corrected chi connectivity index (χ3v) is 4.20. The number of carbonyl (C=O) groups is 3. The number of benzene rings is 2. The van der Waals surface area contributed by atoms with Crippen molar-refractivity contribution in [3.8, 4) is 6.07 Å². The zero-order valence-electron chi connectivity index (χ0n) is 13.2. The molecule has 0 spiro atoms. The van der Waals surface area contributed by atoms with Crippen molar-refractivity contribution in [3.63, 3.8) is 0 Å². The van der Waals surface area contributed by atoms with E-state index in [2.05, 4.69) is 26.2 Å². The number of carbonyl (C=O) groups excluding carboxylic acids is 3. The summed E-state index contributed by atoms with van der Waals surface area (Å²) in [5.74, 6) is -2.74. The molecule has 26 heavy (non-hydrogen) atoms. The van der Waals surface area contributed by atoms with Crippen LogP contribution < -0.4 is 10.2 Å². The van der Waals surface area contributed by atoms with E-state index in [1.165, 1.54) is 0 Å². The zero-order valence-corrected chi connectivity index (χ0v) is 14.8. The van der Waals surface area contributed by atoms with Crippen molar-refractivity contribution in [1.29, 1.82) is 5.26 Å². The Morgan fingerprint density at radius 2 is 1.81 bits per heavy atom. The fourth-order valence-electron chi connectivity index (χ4n) is 2.39. The maximum absolute atomic E-state index is 12.7. The van der Waals surface area contributed by atoms with Gasteiger partial charge in [-0.05, 0) is 36.4 Å². The molecule has 0 saturated carbocycles. The van der Waals surface area contributed by atoms with Gasteiger partial charge in [0.05, 0.1) is 16.9 Å². The molecule has 128 valence electrons. The van der Waals surface area contributed by atoms with Crippen molar-refractivity contribution in [1.82, 2.24) is 5.32 Å². The van der Waals surface area contributed by atoms with E-state index in [4.69, 9.17) is 5.26 Å². The van der Waals surface area contributed by atoms with E-state index < -0.39 is 23.8 Å². The van der Waals surface area contributed by atoms with Gasteiger partial charge in [-0.2, -0.15) is 5.26 Å². The quantitative estimate of drug-likeness (QED) is 0.620. The minimum absolute atomic E-state index is 0.313. The molecule has 2 aromatic rings. The zero-order chi connectivity index (χ0) is 18.7. The van der Waals surface area contributed by atoms with Crippen molar-refractivity contribution in [2.45, 2.75) is 0 Å². The van der Waals surface area contributed by atoms with Gasteiger partial charge in [0, 0.05) is 10.7 Å². The summed E-state index contributed by atoms with van der Waals surface area (Å²) in [7, 11) is 0. The SMILES string of the molecule is N#Cc1ccccc1N=C[C@@H]1C(=O)NC(=O)N(c2ccc(Br)cc2)C1=O. The molecule has 7 nitrogen and oxygen atoms in total. The number of halogens is 1. The number of anilines is 1. The second-order valence-electron chi connectivity index (χ2n) is 5.33. The average Bonchev–Trinajstić information content (AvgIpc) is 2.63. The first-order chi connectivity index (χ1) is 12.5. The number of nitrogens with zero attached hydrogens (tertiary/aromatic N) is 3. The van der Waals surface area contributed by atoms with Gasteiger partial charge in [-0.1, -0.05) is 28.1 Å². The van der Waals surface area contributed by atoms with Crippen LogP contribution in [0.5, 0.6) is 0 Å². The van der Waals surface area contributed by atoms with Crippen LogP contribution in [0.25, 0.3) is 0 Å². The molecule has 4 amide bonds. The minimum atomic E-state index is -1.27. The summed E-state index contributed by atoms with van der Waals surface area (Å²) in [6.07, 6.45) is 1.14. The lowest BCUT2D eigenvalue weighted by Crippen LogP contribution is -2.58. The number of urea groups is 1. The Kier molecular flexibility index (Phi) is 4.91. The second-order valence-corrected chi connectivity index (χ2v) is 6.24. The monoisotopic (exact) mass is 410 g/mol. The van der Waals surface area contributed by atoms with E-state index >= 15 is 0 Å². The van der Waals surface area contributed by atoms with Crippen molar-refractivity contribution < 1.29 is 14.4 Å². The smallest absolute Gasteiger partial charge is 0.276 e. The van der Waals surface area contributed by atoms with Crippen molar-refractivity contribution in [2.24, 2.45) is 10.9 Å². The van der Waals surface area contributed by atoms with Gasteiger partial charge in [0.15, 0.2) is 5.92 Å². The number of rotatable bonds is 3. The average molecular weight is 411 g/mol. The van der Waals surface area contributed by atoms with E-state index in [-0.39, 0.29) is 0 Å². The van der Waals surface area contributed by atoms with Crippen LogP contribution in [0, 0.1) is 17.2 Å². The molecule has 0 radical (unpaired) electrons. The van der Waals surface area contributed by atoms with Gasteiger partial charge in [-0.25, -0.2) is 9.69 Å². The Balaban J connectivity index is 1.92. The molecule has 1 fully saturated rings. The highest BCUT2D eigenvalue weighted by Gasteiger charge is 2.40. The molecule has 1 atom stereocenters. The third-order valence-electron chi connectivity index (χ3n) is 3.67. The molecular weight excluding hydrogens is 400 g/mol. The number of para-hydroxylation sites is 1. The van der Waals surface area contributed by atoms with E-state index in [0.717, 1.165) is 15.6 Å². The second kappa shape index (κ2) is 7.29. The normalized spacial score (nSPS) is 17.3. The highest BCUT2D eigenvalue weighted by Crippen LogP contribution is 2.23. The van der Waals surface area contributed by atoms with Crippen molar-refractivity contribution >= 4 is 51.4 Å². The first kappa shape index (κ1) is 17.5. The number of aliphatic imine (C=N–C) groups is 1. The number of barbiturate groups is 1. The number of nitriles is 1. The van der Waals surface area contributed by atoms with E-state index in [9.17, 15) is 14.4 Å². The van der Waals surface area contributed by atoms with Crippen LogP contribution in [0.3, 0.4) is 0 Å². The van der Waals surface area contributed by atoms with Crippen molar-refractivity contribution in [2.75, 3.05) is 4.90 Å². The lowest BCUT2D eigenvalue weighted by Gasteiger charge is -2.28. The van der Waals surface area contributed by atoms with Gasteiger partial charge in [0.2, 0.25) is 5.91 Å². The van der Waals surface area contributed by atoms with Crippen LogP contribution in [0.15, 0.2) is 58.0 Å². The Labute approximate surface area is 157 Å². The summed E-state index contributed by atoms with van der Waals surface area (Å²) in [5.41, 5.74) is 0.981.